The van der Waals surface area contributed by atoms with E-state index in [1.807, 2.05) is 28.9 Å². The number of likely N-dealkylation sites (tertiary alicyclic amines) is 1. The SMILES string of the molecule is Cn1ccnc1C1N(C(=O)NC2CC3CC3C2)CC1(C)C. The summed E-state index contributed by atoms with van der Waals surface area (Å²) in [5.74, 6) is 2.78. The zero-order valence-corrected chi connectivity index (χ0v) is 13.0. The van der Waals surface area contributed by atoms with Crippen molar-refractivity contribution in [2.24, 2.45) is 24.3 Å². The number of aromatic nitrogens is 2. The molecule has 21 heavy (non-hydrogen) atoms. The zero-order valence-electron chi connectivity index (χ0n) is 13.0. The largest absolute Gasteiger partial charge is 0.336 e. The van der Waals surface area contributed by atoms with Crippen LogP contribution in [0.1, 0.15) is 45.0 Å². The molecule has 2 amide bonds. The quantitative estimate of drug-likeness (QED) is 0.908. The molecule has 2 saturated carbocycles. The van der Waals surface area contributed by atoms with Crippen LogP contribution in [-0.2, 0) is 7.05 Å². The monoisotopic (exact) mass is 288 g/mol. The summed E-state index contributed by atoms with van der Waals surface area (Å²) in [7, 11) is 2.00. The third-order valence-electron chi connectivity index (χ3n) is 5.56. The molecule has 3 unspecified atom stereocenters. The van der Waals surface area contributed by atoms with Gasteiger partial charge in [-0.25, -0.2) is 9.78 Å². The number of carbonyl (C=O) groups is 1. The average molecular weight is 288 g/mol. The van der Waals surface area contributed by atoms with Crippen LogP contribution in [0.3, 0.4) is 0 Å². The van der Waals surface area contributed by atoms with E-state index in [1.54, 1.807) is 0 Å². The van der Waals surface area contributed by atoms with Crippen LogP contribution in [-0.4, -0.2) is 33.1 Å². The lowest BCUT2D eigenvalue weighted by Gasteiger charge is -2.53. The first-order valence-corrected chi connectivity index (χ1v) is 8.00. The number of hydrogen-bond acceptors (Lipinski definition) is 2. The van der Waals surface area contributed by atoms with Gasteiger partial charge in [-0.2, -0.15) is 0 Å². The van der Waals surface area contributed by atoms with Gasteiger partial charge in [-0.3, -0.25) is 0 Å². The first-order valence-electron chi connectivity index (χ1n) is 8.00. The van der Waals surface area contributed by atoms with Gasteiger partial charge in [-0.15, -0.1) is 0 Å². The van der Waals surface area contributed by atoms with Crippen molar-refractivity contribution >= 4 is 6.03 Å². The Morgan fingerprint density at radius 3 is 2.62 bits per heavy atom. The lowest BCUT2D eigenvalue weighted by atomic mass is 9.74. The maximum atomic E-state index is 12.6. The Bertz CT molecular complexity index is 569. The average Bonchev–Trinajstić information content (AvgIpc) is 2.80. The molecule has 1 aromatic rings. The standard InChI is InChI=1S/C16H24N4O/c1-16(2)9-20(13(16)14-17-4-5-19(14)3)15(21)18-12-7-10-6-11(10)8-12/h4-5,10-13H,6-9H2,1-3H3,(H,18,21). The third kappa shape index (κ3) is 2.05. The van der Waals surface area contributed by atoms with E-state index in [0.717, 1.165) is 24.2 Å². The minimum atomic E-state index is 0.0773. The summed E-state index contributed by atoms with van der Waals surface area (Å²) in [6, 6.07) is 0.564. The minimum Gasteiger partial charge on any atom is -0.336 e. The van der Waals surface area contributed by atoms with Crippen LogP contribution in [0, 0.1) is 17.3 Å². The van der Waals surface area contributed by atoms with Gasteiger partial charge in [0.1, 0.15) is 5.82 Å². The van der Waals surface area contributed by atoms with E-state index in [9.17, 15) is 4.79 Å². The summed E-state index contributed by atoms with van der Waals surface area (Å²) >= 11 is 0. The van der Waals surface area contributed by atoms with Gasteiger partial charge in [0.05, 0.1) is 6.04 Å². The molecule has 3 atom stereocenters. The number of imidazole rings is 1. The number of amides is 2. The fourth-order valence-corrected chi connectivity index (χ4v) is 4.33. The van der Waals surface area contributed by atoms with Gasteiger partial charge >= 0.3 is 6.03 Å². The van der Waals surface area contributed by atoms with Crippen LogP contribution in [0.25, 0.3) is 0 Å². The summed E-state index contributed by atoms with van der Waals surface area (Å²) < 4.78 is 2.02. The molecule has 1 saturated heterocycles. The van der Waals surface area contributed by atoms with E-state index in [1.165, 1.54) is 19.3 Å². The topological polar surface area (TPSA) is 50.2 Å². The second kappa shape index (κ2) is 4.24. The number of hydrogen-bond donors (Lipinski definition) is 1. The highest BCUT2D eigenvalue weighted by Crippen LogP contribution is 2.52. The molecule has 0 aromatic carbocycles. The van der Waals surface area contributed by atoms with Gasteiger partial charge in [0.2, 0.25) is 0 Å². The Kier molecular flexibility index (Phi) is 2.66. The summed E-state index contributed by atoms with van der Waals surface area (Å²) in [6.07, 6.45) is 7.51. The van der Waals surface area contributed by atoms with Crippen molar-refractivity contribution in [3.8, 4) is 0 Å². The smallest absolute Gasteiger partial charge is 0.318 e. The van der Waals surface area contributed by atoms with Gasteiger partial charge in [-0.05, 0) is 31.1 Å². The Balaban J connectivity index is 1.46. The number of nitrogens with one attached hydrogen (secondary N) is 1. The molecule has 1 aliphatic heterocycles. The number of nitrogens with zero attached hydrogens (tertiary/aromatic N) is 3. The van der Waals surface area contributed by atoms with Gasteiger partial charge in [-0.1, -0.05) is 13.8 Å². The van der Waals surface area contributed by atoms with Crippen molar-refractivity contribution in [3.05, 3.63) is 18.2 Å². The molecule has 2 heterocycles. The van der Waals surface area contributed by atoms with Crippen molar-refractivity contribution < 1.29 is 4.79 Å². The number of fused-ring (bicyclic) bond motifs is 1. The second-order valence-electron chi connectivity index (χ2n) is 7.79. The molecule has 0 spiro atoms. The Hall–Kier alpha value is -1.52. The van der Waals surface area contributed by atoms with E-state index in [0.29, 0.717) is 6.04 Å². The van der Waals surface area contributed by atoms with Crippen molar-refractivity contribution in [1.82, 2.24) is 19.8 Å². The van der Waals surface area contributed by atoms with Crippen LogP contribution in [0.15, 0.2) is 12.4 Å². The van der Waals surface area contributed by atoms with E-state index in [4.69, 9.17) is 0 Å². The zero-order chi connectivity index (χ0) is 14.8. The Morgan fingerprint density at radius 2 is 2.05 bits per heavy atom. The van der Waals surface area contributed by atoms with Crippen LogP contribution in [0.4, 0.5) is 4.79 Å². The fraction of sp³-hybridized carbons (Fsp3) is 0.750. The van der Waals surface area contributed by atoms with Crippen molar-refractivity contribution in [1.29, 1.82) is 0 Å². The highest BCUT2D eigenvalue weighted by Gasteiger charge is 2.52. The summed E-state index contributed by atoms with van der Waals surface area (Å²) in [5, 5.41) is 3.24. The normalized spacial score (nSPS) is 36.0. The minimum absolute atomic E-state index is 0.0773. The first-order chi connectivity index (χ1) is 9.95. The molecule has 5 heteroatoms. The van der Waals surface area contributed by atoms with Crippen molar-refractivity contribution in [2.45, 2.75) is 45.2 Å². The molecule has 3 fully saturated rings. The number of rotatable bonds is 2. The summed E-state index contributed by atoms with van der Waals surface area (Å²) in [6.45, 7) is 5.22. The van der Waals surface area contributed by atoms with E-state index in [2.05, 4.69) is 24.1 Å². The van der Waals surface area contributed by atoms with Crippen molar-refractivity contribution in [2.75, 3.05) is 6.54 Å². The highest BCUT2D eigenvalue weighted by atomic mass is 16.2. The first kappa shape index (κ1) is 13.2. The Morgan fingerprint density at radius 1 is 1.33 bits per heavy atom. The molecule has 1 aromatic heterocycles. The van der Waals surface area contributed by atoms with Gasteiger partial charge < -0.3 is 14.8 Å². The predicted molar refractivity (Wildman–Crippen MR) is 79.6 cm³/mol. The molecule has 4 rings (SSSR count). The van der Waals surface area contributed by atoms with Crippen LogP contribution in [0.2, 0.25) is 0 Å². The molecular formula is C16H24N4O. The lowest BCUT2D eigenvalue weighted by Crippen LogP contribution is -2.61. The van der Waals surface area contributed by atoms with Crippen LogP contribution < -0.4 is 5.32 Å². The highest BCUT2D eigenvalue weighted by molar-refractivity contribution is 5.76. The van der Waals surface area contributed by atoms with E-state index >= 15 is 0 Å². The molecule has 5 nitrogen and oxygen atoms in total. The molecule has 0 bridgehead atoms. The number of urea groups is 1. The molecule has 3 aliphatic rings. The molecular weight excluding hydrogens is 264 g/mol. The Labute approximate surface area is 125 Å². The predicted octanol–water partition coefficient (Wildman–Crippen LogP) is 2.31. The van der Waals surface area contributed by atoms with Gasteiger partial charge in [0.25, 0.3) is 0 Å². The molecule has 0 radical (unpaired) electrons. The number of aryl methyl sites for hydroxylation is 1. The maximum absolute atomic E-state index is 12.6. The third-order valence-corrected chi connectivity index (χ3v) is 5.56. The molecule has 114 valence electrons. The number of carbonyl (C=O) groups excluding carboxylic acids is 1. The van der Waals surface area contributed by atoms with Gasteiger partial charge in [0.15, 0.2) is 0 Å². The van der Waals surface area contributed by atoms with Crippen LogP contribution >= 0.6 is 0 Å². The van der Waals surface area contributed by atoms with Gasteiger partial charge in [0, 0.05) is 37.4 Å². The summed E-state index contributed by atoms with van der Waals surface area (Å²) in [4.78, 5) is 19.0. The van der Waals surface area contributed by atoms with Crippen molar-refractivity contribution in [3.63, 3.8) is 0 Å². The fourth-order valence-electron chi connectivity index (χ4n) is 4.33. The van der Waals surface area contributed by atoms with Crippen LogP contribution in [0.5, 0.6) is 0 Å². The second-order valence-corrected chi connectivity index (χ2v) is 7.79. The molecule has 1 N–H and O–H groups in total. The maximum Gasteiger partial charge on any atom is 0.318 e. The lowest BCUT2D eigenvalue weighted by molar-refractivity contribution is -0.0238. The summed E-state index contributed by atoms with van der Waals surface area (Å²) in [5.41, 5.74) is 0.0915. The van der Waals surface area contributed by atoms with E-state index in [-0.39, 0.29) is 17.5 Å². The molecule has 2 aliphatic carbocycles. The van der Waals surface area contributed by atoms with E-state index < -0.39 is 0 Å².